The summed E-state index contributed by atoms with van der Waals surface area (Å²) >= 11 is 0. The first-order valence-corrected chi connectivity index (χ1v) is 5.83. The van der Waals surface area contributed by atoms with Gasteiger partial charge in [-0.15, -0.1) is 0 Å². The highest BCUT2D eigenvalue weighted by Gasteiger charge is 2.68. The van der Waals surface area contributed by atoms with Crippen molar-refractivity contribution in [1.82, 2.24) is 5.32 Å². The van der Waals surface area contributed by atoms with E-state index < -0.39 is 24.3 Å². The van der Waals surface area contributed by atoms with Crippen molar-refractivity contribution < 1.29 is 19.5 Å². The second kappa shape index (κ2) is 4.26. The lowest BCUT2D eigenvalue weighted by molar-refractivity contribution is -0.143. The van der Waals surface area contributed by atoms with Crippen molar-refractivity contribution in [3.63, 3.8) is 0 Å². The zero-order valence-corrected chi connectivity index (χ0v) is 11.1. The molecule has 1 saturated carbocycles. The minimum Gasteiger partial charge on any atom is -0.480 e. The van der Waals surface area contributed by atoms with Gasteiger partial charge in [-0.05, 0) is 10.8 Å². The third-order valence-electron chi connectivity index (χ3n) is 4.30. The van der Waals surface area contributed by atoms with E-state index in [1.165, 1.54) is 0 Å². The topological polar surface area (TPSA) is 109 Å². The SMILES string of the molecule is CC1(C)C(C(=O)N[C@H](CC(N)=O)C(=O)O)C1(C)C. The highest BCUT2D eigenvalue weighted by Crippen LogP contribution is 2.68. The molecule has 18 heavy (non-hydrogen) atoms. The molecule has 4 N–H and O–H groups in total. The third kappa shape index (κ3) is 2.32. The fraction of sp³-hybridized carbons (Fsp3) is 0.750. The van der Waals surface area contributed by atoms with Crippen molar-refractivity contribution in [3.8, 4) is 0 Å². The van der Waals surface area contributed by atoms with Crippen LogP contribution in [0.2, 0.25) is 0 Å². The molecule has 6 heteroatoms. The lowest BCUT2D eigenvalue weighted by Crippen LogP contribution is -2.44. The predicted octanol–water partition coefficient (Wildman–Crippen LogP) is 0.113. The summed E-state index contributed by atoms with van der Waals surface area (Å²) in [7, 11) is 0. The summed E-state index contributed by atoms with van der Waals surface area (Å²) in [5, 5.41) is 11.3. The van der Waals surface area contributed by atoms with Gasteiger partial charge >= 0.3 is 5.97 Å². The fourth-order valence-corrected chi connectivity index (χ4v) is 2.51. The van der Waals surface area contributed by atoms with Crippen LogP contribution in [0.3, 0.4) is 0 Å². The van der Waals surface area contributed by atoms with Gasteiger partial charge in [0.25, 0.3) is 0 Å². The molecule has 0 heterocycles. The summed E-state index contributed by atoms with van der Waals surface area (Å²) in [6.45, 7) is 7.84. The molecule has 1 rings (SSSR count). The van der Waals surface area contributed by atoms with E-state index in [0.717, 1.165) is 0 Å². The maximum absolute atomic E-state index is 12.0. The summed E-state index contributed by atoms with van der Waals surface area (Å²) in [6.07, 6.45) is -0.394. The Morgan fingerprint density at radius 1 is 1.22 bits per heavy atom. The van der Waals surface area contributed by atoms with Gasteiger partial charge in [0.05, 0.1) is 6.42 Å². The molecule has 1 atom stereocenters. The molecule has 0 aromatic rings. The number of carboxylic acids is 1. The van der Waals surface area contributed by atoms with Crippen molar-refractivity contribution in [3.05, 3.63) is 0 Å². The van der Waals surface area contributed by atoms with Gasteiger partial charge in [-0.25, -0.2) is 4.79 Å². The van der Waals surface area contributed by atoms with Crippen LogP contribution in [-0.4, -0.2) is 28.9 Å². The van der Waals surface area contributed by atoms with Gasteiger partial charge in [0.15, 0.2) is 0 Å². The number of nitrogens with one attached hydrogen (secondary N) is 1. The normalized spacial score (nSPS) is 22.0. The van der Waals surface area contributed by atoms with Crippen LogP contribution in [0.5, 0.6) is 0 Å². The van der Waals surface area contributed by atoms with Gasteiger partial charge < -0.3 is 16.2 Å². The Labute approximate surface area is 106 Å². The molecule has 1 aliphatic carbocycles. The second-order valence-corrected chi connectivity index (χ2v) is 5.95. The molecule has 0 unspecified atom stereocenters. The maximum Gasteiger partial charge on any atom is 0.326 e. The largest absolute Gasteiger partial charge is 0.480 e. The van der Waals surface area contributed by atoms with E-state index in [1.54, 1.807) is 0 Å². The first-order valence-electron chi connectivity index (χ1n) is 5.83. The number of primary amides is 1. The number of rotatable bonds is 5. The van der Waals surface area contributed by atoms with Crippen LogP contribution in [0.4, 0.5) is 0 Å². The molecule has 0 saturated heterocycles. The van der Waals surface area contributed by atoms with Gasteiger partial charge in [-0.2, -0.15) is 0 Å². The number of aliphatic carboxylic acids is 1. The van der Waals surface area contributed by atoms with Gasteiger partial charge in [-0.3, -0.25) is 9.59 Å². The molecule has 102 valence electrons. The summed E-state index contributed by atoms with van der Waals surface area (Å²) in [5.41, 5.74) is 4.60. The van der Waals surface area contributed by atoms with E-state index in [1.807, 2.05) is 27.7 Å². The first kappa shape index (κ1) is 14.5. The Morgan fingerprint density at radius 2 is 1.67 bits per heavy atom. The van der Waals surface area contributed by atoms with Crippen molar-refractivity contribution in [1.29, 1.82) is 0 Å². The summed E-state index contributed by atoms with van der Waals surface area (Å²) in [5.74, 6) is -2.59. The molecule has 0 spiro atoms. The van der Waals surface area contributed by atoms with Crippen LogP contribution in [0.1, 0.15) is 34.1 Å². The summed E-state index contributed by atoms with van der Waals surface area (Å²) in [6, 6.07) is -1.25. The number of carbonyl (C=O) groups excluding carboxylic acids is 2. The van der Waals surface area contributed by atoms with Crippen molar-refractivity contribution in [2.24, 2.45) is 22.5 Å². The smallest absolute Gasteiger partial charge is 0.326 e. The fourth-order valence-electron chi connectivity index (χ4n) is 2.51. The first-order chi connectivity index (χ1) is 8.01. The van der Waals surface area contributed by atoms with E-state index in [0.29, 0.717) is 0 Å². The Bertz CT molecular complexity index is 387. The Kier molecular flexibility index (Phi) is 3.42. The quantitative estimate of drug-likeness (QED) is 0.648. The molecular weight excluding hydrogens is 236 g/mol. The van der Waals surface area contributed by atoms with Crippen molar-refractivity contribution in [2.45, 2.75) is 40.2 Å². The molecule has 6 nitrogen and oxygen atoms in total. The van der Waals surface area contributed by atoms with Crippen LogP contribution in [-0.2, 0) is 14.4 Å². The number of nitrogens with two attached hydrogens (primary N) is 1. The lowest BCUT2D eigenvalue weighted by Gasteiger charge is -2.13. The lowest BCUT2D eigenvalue weighted by atomic mass is 10.0. The molecule has 0 radical (unpaired) electrons. The minimum absolute atomic E-state index is 0.174. The average Bonchev–Trinajstić information content (AvgIpc) is 2.54. The van der Waals surface area contributed by atoms with E-state index >= 15 is 0 Å². The van der Waals surface area contributed by atoms with Gasteiger partial charge in [0.1, 0.15) is 6.04 Å². The monoisotopic (exact) mass is 256 g/mol. The number of carboxylic acid groups (broad SMARTS) is 1. The van der Waals surface area contributed by atoms with Gasteiger partial charge in [0, 0.05) is 5.92 Å². The highest BCUT2D eigenvalue weighted by molar-refractivity contribution is 5.91. The average molecular weight is 256 g/mol. The van der Waals surface area contributed by atoms with Crippen LogP contribution < -0.4 is 11.1 Å². The number of hydrogen-bond acceptors (Lipinski definition) is 3. The van der Waals surface area contributed by atoms with E-state index in [2.05, 4.69) is 5.32 Å². The van der Waals surface area contributed by atoms with Crippen molar-refractivity contribution in [2.75, 3.05) is 0 Å². The Morgan fingerprint density at radius 3 is 1.94 bits per heavy atom. The van der Waals surface area contributed by atoms with Crippen LogP contribution in [0.25, 0.3) is 0 Å². The van der Waals surface area contributed by atoms with E-state index in [-0.39, 0.29) is 22.7 Å². The summed E-state index contributed by atoms with van der Waals surface area (Å²) < 4.78 is 0. The van der Waals surface area contributed by atoms with Crippen LogP contribution >= 0.6 is 0 Å². The molecule has 1 fully saturated rings. The van der Waals surface area contributed by atoms with E-state index in [4.69, 9.17) is 10.8 Å². The maximum atomic E-state index is 12.0. The van der Waals surface area contributed by atoms with Gasteiger partial charge in [-0.1, -0.05) is 27.7 Å². The number of amides is 2. The minimum atomic E-state index is -1.25. The molecule has 0 bridgehead atoms. The molecule has 0 aliphatic heterocycles. The molecule has 0 aromatic carbocycles. The van der Waals surface area contributed by atoms with Crippen LogP contribution in [0.15, 0.2) is 0 Å². The van der Waals surface area contributed by atoms with Crippen LogP contribution in [0, 0.1) is 16.7 Å². The predicted molar refractivity (Wildman–Crippen MR) is 64.4 cm³/mol. The number of carbonyl (C=O) groups is 3. The highest BCUT2D eigenvalue weighted by atomic mass is 16.4. The molecule has 1 aliphatic rings. The van der Waals surface area contributed by atoms with Crippen molar-refractivity contribution >= 4 is 17.8 Å². The van der Waals surface area contributed by atoms with Gasteiger partial charge in [0.2, 0.25) is 11.8 Å². The molecular formula is C12H20N2O4. The zero-order chi connectivity index (χ0) is 14.3. The molecule has 0 aromatic heterocycles. The Hall–Kier alpha value is -1.59. The second-order valence-electron chi connectivity index (χ2n) is 5.95. The zero-order valence-electron chi connectivity index (χ0n) is 11.1. The Balaban J connectivity index is 2.70. The number of hydrogen-bond donors (Lipinski definition) is 3. The third-order valence-corrected chi connectivity index (χ3v) is 4.30. The van der Waals surface area contributed by atoms with E-state index in [9.17, 15) is 14.4 Å². The molecule has 2 amide bonds. The summed E-state index contributed by atoms with van der Waals surface area (Å²) in [4.78, 5) is 33.7. The standard InChI is InChI=1S/C12H20N2O4/c1-11(2)8(12(11,3)4)9(16)14-6(10(17)18)5-7(13)15/h6,8H,5H2,1-4H3,(H2,13,15)(H,14,16)(H,17,18)/t6-/m1/s1.